The quantitative estimate of drug-likeness (QED) is 0.684. The van der Waals surface area contributed by atoms with E-state index in [4.69, 9.17) is 0 Å². The second-order valence-corrected chi connectivity index (χ2v) is 4.49. The van der Waals surface area contributed by atoms with Gasteiger partial charge in [-0.3, -0.25) is 4.79 Å². The maximum Gasteiger partial charge on any atom is 0.241 e. The van der Waals surface area contributed by atoms with E-state index in [0.29, 0.717) is 0 Å². The predicted molar refractivity (Wildman–Crippen MR) is 67.1 cm³/mol. The number of phenolic OH excluding ortho intramolecular Hbond substituents is 1. The highest BCUT2D eigenvalue weighted by molar-refractivity contribution is 5.95. The average Bonchev–Trinajstić information content (AvgIpc) is 2.35. The monoisotopic (exact) mass is 234 g/mol. The number of anilines is 1. The van der Waals surface area contributed by atoms with Crippen molar-refractivity contribution in [3.63, 3.8) is 0 Å². The first-order chi connectivity index (χ1) is 8.16. The van der Waals surface area contributed by atoms with Crippen LogP contribution < -0.4 is 10.6 Å². The SMILES string of the molecule is Cc1cc(NC(=O)C2CCCCN2)ccc1O. The van der Waals surface area contributed by atoms with E-state index in [2.05, 4.69) is 10.6 Å². The van der Waals surface area contributed by atoms with Gasteiger partial charge < -0.3 is 15.7 Å². The zero-order valence-electron chi connectivity index (χ0n) is 9.99. The molecule has 1 aliphatic heterocycles. The third kappa shape index (κ3) is 2.97. The minimum Gasteiger partial charge on any atom is -0.508 e. The molecular weight excluding hydrogens is 216 g/mol. The van der Waals surface area contributed by atoms with E-state index in [9.17, 15) is 9.90 Å². The molecule has 1 atom stereocenters. The molecule has 0 aromatic heterocycles. The van der Waals surface area contributed by atoms with Gasteiger partial charge in [-0.1, -0.05) is 6.42 Å². The molecule has 92 valence electrons. The van der Waals surface area contributed by atoms with Crippen LogP contribution in [0, 0.1) is 6.92 Å². The Kier molecular flexibility index (Phi) is 3.64. The highest BCUT2D eigenvalue weighted by Crippen LogP contribution is 2.20. The van der Waals surface area contributed by atoms with Gasteiger partial charge in [0.1, 0.15) is 5.75 Å². The molecule has 0 radical (unpaired) electrons. The number of nitrogens with one attached hydrogen (secondary N) is 2. The molecule has 1 fully saturated rings. The fraction of sp³-hybridized carbons (Fsp3) is 0.462. The third-order valence-electron chi connectivity index (χ3n) is 3.09. The number of piperidine rings is 1. The fourth-order valence-corrected chi connectivity index (χ4v) is 2.04. The molecule has 1 saturated heterocycles. The van der Waals surface area contributed by atoms with Gasteiger partial charge in [0.15, 0.2) is 0 Å². The summed E-state index contributed by atoms with van der Waals surface area (Å²) >= 11 is 0. The Balaban J connectivity index is 1.99. The Bertz CT molecular complexity index is 412. The molecule has 2 rings (SSSR count). The Labute approximate surface area is 101 Å². The first-order valence-electron chi connectivity index (χ1n) is 6.00. The lowest BCUT2D eigenvalue weighted by Gasteiger charge is -2.22. The van der Waals surface area contributed by atoms with E-state index in [0.717, 1.165) is 37.1 Å². The summed E-state index contributed by atoms with van der Waals surface area (Å²) in [6.45, 7) is 2.72. The van der Waals surface area contributed by atoms with Crippen LogP contribution in [0.15, 0.2) is 18.2 Å². The number of benzene rings is 1. The summed E-state index contributed by atoms with van der Waals surface area (Å²) in [6.07, 6.45) is 3.13. The predicted octanol–water partition coefficient (Wildman–Crippen LogP) is 1.78. The van der Waals surface area contributed by atoms with Crippen LogP contribution in [0.2, 0.25) is 0 Å². The van der Waals surface area contributed by atoms with Crippen molar-refractivity contribution in [1.29, 1.82) is 0 Å². The van der Waals surface area contributed by atoms with Gasteiger partial charge in [0.2, 0.25) is 5.91 Å². The van der Waals surface area contributed by atoms with Gasteiger partial charge in [0.05, 0.1) is 6.04 Å². The van der Waals surface area contributed by atoms with Gasteiger partial charge in [-0.05, 0) is 50.1 Å². The first kappa shape index (κ1) is 11.9. The summed E-state index contributed by atoms with van der Waals surface area (Å²) in [7, 11) is 0. The van der Waals surface area contributed by atoms with E-state index in [1.54, 1.807) is 18.2 Å². The maximum absolute atomic E-state index is 11.9. The molecule has 3 N–H and O–H groups in total. The molecule has 1 aromatic carbocycles. The zero-order chi connectivity index (χ0) is 12.3. The molecule has 1 aromatic rings. The minimum absolute atomic E-state index is 0.00906. The maximum atomic E-state index is 11.9. The van der Waals surface area contributed by atoms with Gasteiger partial charge in [-0.25, -0.2) is 0 Å². The van der Waals surface area contributed by atoms with Crippen LogP contribution in [-0.4, -0.2) is 23.6 Å². The van der Waals surface area contributed by atoms with Crippen molar-refractivity contribution in [3.05, 3.63) is 23.8 Å². The number of carbonyl (C=O) groups excluding carboxylic acids is 1. The molecule has 1 heterocycles. The van der Waals surface area contributed by atoms with Crippen molar-refractivity contribution < 1.29 is 9.90 Å². The number of hydrogen-bond acceptors (Lipinski definition) is 3. The molecule has 0 saturated carbocycles. The van der Waals surface area contributed by atoms with Crippen molar-refractivity contribution in [2.45, 2.75) is 32.2 Å². The van der Waals surface area contributed by atoms with Crippen molar-refractivity contribution in [1.82, 2.24) is 5.32 Å². The number of rotatable bonds is 2. The summed E-state index contributed by atoms with van der Waals surface area (Å²) in [5.74, 6) is 0.258. The van der Waals surface area contributed by atoms with E-state index in [1.165, 1.54) is 0 Å². The highest BCUT2D eigenvalue weighted by atomic mass is 16.3. The molecule has 0 spiro atoms. The summed E-state index contributed by atoms with van der Waals surface area (Å²) < 4.78 is 0. The first-order valence-corrected chi connectivity index (χ1v) is 6.00. The normalized spacial score (nSPS) is 19.9. The van der Waals surface area contributed by atoms with E-state index >= 15 is 0 Å². The van der Waals surface area contributed by atoms with Gasteiger partial charge >= 0.3 is 0 Å². The van der Waals surface area contributed by atoms with Crippen molar-refractivity contribution in [2.24, 2.45) is 0 Å². The largest absolute Gasteiger partial charge is 0.508 e. The Morgan fingerprint density at radius 3 is 2.94 bits per heavy atom. The summed E-state index contributed by atoms with van der Waals surface area (Å²) in [4.78, 5) is 11.9. The standard InChI is InChI=1S/C13H18N2O2/c1-9-8-10(5-6-12(9)16)15-13(17)11-4-2-3-7-14-11/h5-6,8,11,14,16H,2-4,7H2,1H3,(H,15,17). The van der Waals surface area contributed by atoms with Gasteiger partial charge in [0, 0.05) is 5.69 Å². The smallest absolute Gasteiger partial charge is 0.241 e. The number of aryl methyl sites for hydroxylation is 1. The number of aromatic hydroxyl groups is 1. The molecule has 4 nitrogen and oxygen atoms in total. The summed E-state index contributed by atoms with van der Waals surface area (Å²) in [6, 6.07) is 5.00. The van der Waals surface area contributed by atoms with Crippen LogP contribution in [0.4, 0.5) is 5.69 Å². The Hall–Kier alpha value is -1.55. The number of carbonyl (C=O) groups is 1. The molecule has 4 heteroatoms. The van der Waals surface area contributed by atoms with Crippen LogP contribution in [-0.2, 0) is 4.79 Å². The van der Waals surface area contributed by atoms with E-state index < -0.39 is 0 Å². The molecule has 1 unspecified atom stereocenters. The fourth-order valence-electron chi connectivity index (χ4n) is 2.04. The second-order valence-electron chi connectivity index (χ2n) is 4.49. The molecule has 1 aliphatic rings. The van der Waals surface area contributed by atoms with Gasteiger partial charge in [0.25, 0.3) is 0 Å². The molecule has 1 amide bonds. The zero-order valence-corrected chi connectivity index (χ0v) is 9.99. The average molecular weight is 234 g/mol. The molecule has 17 heavy (non-hydrogen) atoms. The van der Waals surface area contributed by atoms with Crippen LogP contribution in [0.5, 0.6) is 5.75 Å². The lowest BCUT2D eigenvalue weighted by atomic mass is 10.0. The topological polar surface area (TPSA) is 61.4 Å². The van der Waals surface area contributed by atoms with Crippen molar-refractivity contribution in [3.8, 4) is 5.75 Å². The van der Waals surface area contributed by atoms with Crippen LogP contribution >= 0.6 is 0 Å². The summed E-state index contributed by atoms with van der Waals surface area (Å²) in [5.41, 5.74) is 1.50. The lowest BCUT2D eigenvalue weighted by Crippen LogP contribution is -2.43. The molecular formula is C13H18N2O2. The third-order valence-corrected chi connectivity index (χ3v) is 3.09. The van der Waals surface area contributed by atoms with Crippen molar-refractivity contribution >= 4 is 11.6 Å². The molecule has 0 aliphatic carbocycles. The second kappa shape index (κ2) is 5.19. The lowest BCUT2D eigenvalue weighted by molar-refractivity contribution is -0.118. The van der Waals surface area contributed by atoms with Crippen LogP contribution in [0.3, 0.4) is 0 Å². The van der Waals surface area contributed by atoms with Gasteiger partial charge in [-0.15, -0.1) is 0 Å². The number of amides is 1. The minimum atomic E-state index is -0.0853. The molecule has 0 bridgehead atoms. The Morgan fingerprint density at radius 2 is 2.29 bits per heavy atom. The van der Waals surface area contributed by atoms with E-state index in [-0.39, 0.29) is 17.7 Å². The summed E-state index contributed by atoms with van der Waals surface area (Å²) in [5, 5.41) is 15.5. The Morgan fingerprint density at radius 1 is 1.47 bits per heavy atom. The number of phenols is 1. The number of hydrogen-bond donors (Lipinski definition) is 3. The van der Waals surface area contributed by atoms with Crippen LogP contribution in [0.1, 0.15) is 24.8 Å². The van der Waals surface area contributed by atoms with E-state index in [1.807, 2.05) is 6.92 Å². The van der Waals surface area contributed by atoms with Gasteiger partial charge in [-0.2, -0.15) is 0 Å². The van der Waals surface area contributed by atoms with Crippen molar-refractivity contribution in [2.75, 3.05) is 11.9 Å². The highest BCUT2D eigenvalue weighted by Gasteiger charge is 2.20. The van der Waals surface area contributed by atoms with Crippen LogP contribution in [0.25, 0.3) is 0 Å².